The van der Waals surface area contributed by atoms with E-state index in [2.05, 4.69) is 35.1 Å². The normalized spacial score (nSPS) is 12.8. The highest BCUT2D eigenvalue weighted by Gasteiger charge is 2.26. The molecule has 8 heteroatoms. The summed E-state index contributed by atoms with van der Waals surface area (Å²) in [4.78, 5) is 11.7. The molecule has 0 aliphatic heterocycles. The predicted octanol–water partition coefficient (Wildman–Crippen LogP) is 2.10. The highest BCUT2D eigenvalue weighted by atomic mass is 79.9. The monoisotopic (exact) mass is 366 g/mol. The van der Waals surface area contributed by atoms with Crippen LogP contribution in [0.15, 0.2) is 20.0 Å². The summed E-state index contributed by atoms with van der Waals surface area (Å²) in [6.07, 6.45) is 0. The van der Waals surface area contributed by atoms with E-state index < -0.39 is 15.9 Å². The largest absolute Gasteiger partial charge is 0.443 e. The fourth-order valence-corrected chi connectivity index (χ4v) is 2.76. The van der Waals surface area contributed by atoms with Crippen LogP contribution in [0.5, 0.6) is 0 Å². The fourth-order valence-electron chi connectivity index (χ4n) is 1.26. The number of nitrogens with one attached hydrogen (secondary N) is 1. The number of halogens is 1. The molecule has 0 aliphatic carbocycles. The number of amides is 1. The average molecular weight is 367 g/mol. The summed E-state index contributed by atoms with van der Waals surface area (Å²) in [7, 11) is -3.92. The Hall–Kier alpha value is -0.860. The molecule has 1 heterocycles. The summed E-state index contributed by atoms with van der Waals surface area (Å²) in [5, 5.41) is 7.73. The summed E-state index contributed by atoms with van der Waals surface area (Å²) >= 11 is 2.93. The molecule has 0 bridgehead atoms. The van der Waals surface area contributed by atoms with Crippen LogP contribution in [0.4, 0.5) is 0 Å². The zero-order chi connectivity index (χ0) is 15.7. The minimum absolute atomic E-state index is 0.0757. The first-order valence-corrected chi connectivity index (χ1v) is 8.39. The van der Waals surface area contributed by atoms with E-state index in [-0.39, 0.29) is 20.7 Å². The highest BCUT2D eigenvalue weighted by Crippen LogP contribution is 2.27. The Kier molecular flexibility index (Phi) is 5.04. The van der Waals surface area contributed by atoms with E-state index in [4.69, 9.17) is 9.56 Å². The topological polar surface area (TPSA) is 102 Å². The van der Waals surface area contributed by atoms with Crippen molar-refractivity contribution in [3.63, 3.8) is 0 Å². The van der Waals surface area contributed by atoms with Crippen LogP contribution in [0.25, 0.3) is 0 Å². The van der Waals surface area contributed by atoms with Crippen molar-refractivity contribution in [2.24, 2.45) is 16.5 Å². The lowest BCUT2D eigenvalue weighted by atomic mass is 9.81. The molecule has 0 fully saturated rings. The van der Waals surface area contributed by atoms with E-state index in [0.717, 1.165) is 6.07 Å². The molecule has 114 valence electrons. The summed E-state index contributed by atoms with van der Waals surface area (Å²) in [5.41, 5.74) is -0.0811. The molecule has 0 saturated carbocycles. The van der Waals surface area contributed by atoms with E-state index in [1.807, 2.05) is 13.8 Å². The Morgan fingerprint density at radius 2 is 2.05 bits per heavy atom. The number of hydrogen-bond donors (Lipinski definition) is 2. The standard InChI is InChI=1S/C12H19BrN2O4S/c1-7(2)12(3,4)6-15-11(16)8-5-9(10(13)19-8)20(14,17)18/h5,7H,6H2,1-4H3,(H,15,16)(H2,14,17,18). The van der Waals surface area contributed by atoms with Crippen LogP contribution in [-0.2, 0) is 10.0 Å². The van der Waals surface area contributed by atoms with Gasteiger partial charge in [0.25, 0.3) is 5.91 Å². The summed E-state index contributed by atoms with van der Waals surface area (Å²) in [6, 6.07) is 1.11. The molecule has 20 heavy (non-hydrogen) atoms. The third-order valence-corrected chi connectivity index (χ3v) is 5.22. The molecule has 0 saturated heterocycles. The minimum Gasteiger partial charge on any atom is -0.443 e. The van der Waals surface area contributed by atoms with E-state index >= 15 is 0 Å². The van der Waals surface area contributed by atoms with Gasteiger partial charge < -0.3 is 9.73 Å². The molecular weight excluding hydrogens is 348 g/mol. The van der Waals surface area contributed by atoms with Gasteiger partial charge in [-0.1, -0.05) is 27.7 Å². The van der Waals surface area contributed by atoms with Crippen molar-refractivity contribution in [3.8, 4) is 0 Å². The maximum absolute atomic E-state index is 11.9. The van der Waals surface area contributed by atoms with Crippen molar-refractivity contribution in [1.82, 2.24) is 5.32 Å². The van der Waals surface area contributed by atoms with E-state index in [0.29, 0.717) is 12.5 Å². The number of carbonyl (C=O) groups excluding carboxylic acids is 1. The first-order valence-electron chi connectivity index (χ1n) is 6.05. The van der Waals surface area contributed by atoms with Gasteiger partial charge in [-0.2, -0.15) is 0 Å². The maximum Gasteiger partial charge on any atom is 0.287 e. The molecule has 1 aromatic heterocycles. The number of hydrogen-bond acceptors (Lipinski definition) is 4. The van der Waals surface area contributed by atoms with Gasteiger partial charge in [-0.25, -0.2) is 13.6 Å². The first-order chi connectivity index (χ1) is 8.95. The van der Waals surface area contributed by atoms with Gasteiger partial charge in [-0.05, 0) is 27.3 Å². The lowest BCUT2D eigenvalue weighted by molar-refractivity contribution is 0.0895. The lowest BCUT2D eigenvalue weighted by Crippen LogP contribution is -2.36. The van der Waals surface area contributed by atoms with E-state index in [1.54, 1.807) is 0 Å². The Bertz CT molecular complexity index is 605. The van der Waals surface area contributed by atoms with Crippen molar-refractivity contribution in [2.45, 2.75) is 32.6 Å². The predicted molar refractivity (Wildman–Crippen MR) is 78.7 cm³/mol. The first kappa shape index (κ1) is 17.2. The van der Waals surface area contributed by atoms with Crippen molar-refractivity contribution >= 4 is 31.9 Å². The van der Waals surface area contributed by atoms with Crippen LogP contribution in [0.2, 0.25) is 0 Å². The van der Waals surface area contributed by atoms with Crippen LogP contribution >= 0.6 is 15.9 Å². The van der Waals surface area contributed by atoms with Crippen molar-refractivity contribution in [3.05, 3.63) is 16.5 Å². The number of nitrogens with two attached hydrogens (primary N) is 1. The number of rotatable bonds is 5. The van der Waals surface area contributed by atoms with Gasteiger partial charge in [-0.15, -0.1) is 0 Å². The maximum atomic E-state index is 11.9. The van der Waals surface area contributed by atoms with Gasteiger partial charge >= 0.3 is 0 Å². The van der Waals surface area contributed by atoms with Crippen LogP contribution in [0, 0.1) is 11.3 Å². The molecule has 1 rings (SSSR count). The lowest BCUT2D eigenvalue weighted by Gasteiger charge is -2.29. The van der Waals surface area contributed by atoms with Crippen molar-refractivity contribution < 1.29 is 17.6 Å². The second kappa shape index (κ2) is 5.87. The Labute approximate surface area is 127 Å². The molecule has 0 unspecified atom stereocenters. The van der Waals surface area contributed by atoms with Crippen LogP contribution in [0.1, 0.15) is 38.2 Å². The second-order valence-corrected chi connectivity index (χ2v) is 7.87. The zero-order valence-corrected chi connectivity index (χ0v) is 14.3. The quantitative estimate of drug-likeness (QED) is 0.832. The fraction of sp³-hybridized carbons (Fsp3) is 0.583. The number of primary sulfonamides is 1. The highest BCUT2D eigenvalue weighted by molar-refractivity contribution is 9.10. The Morgan fingerprint density at radius 3 is 2.45 bits per heavy atom. The molecule has 1 amide bonds. The van der Waals surface area contributed by atoms with Gasteiger partial charge in [0.1, 0.15) is 4.90 Å². The summed E-state index contributed by atoms with van der Waals surface area (Å²) in [6.45, 7) is 8.65. The average Bonchev–Trinajstić information content (AvgIpc) is 2.68. The van der Waals surface area contributed by atoms with Crippen LogP contribution in [-0.4, -0.2) is 20.9 Å². The van der Waals surface area contributed by atoms with Gasteiger partial charge in [0, 0.05) is 12.6 Å². The van der Waals surface area contributed by atoms with Crippen molar-refractivity contribution in [1.29, 1.82) is 0 Å². The van der Waals surface area contributed by atoms with Gasteiger partial charge in [0.2, 0.25) is 10.0 Å². The molecule has 6 nitrogen and oxygen atoms in total. The SMILES string of the molecule is CC(C)C(C)(C)CNC(=O)c1cc(S(N)(=O)=O)c(Br)o1. The zero-order valence-electron chi connectivity index (χ0n) is 11.9. The molecule has 0 aromatic carbocycles. The van der Waals surface area contributed by atoms with E-state index in [1.165, 1.54) is 0 Å². The molecule has 3 N–H and O–H groups in total. The van der Waals surface area contributed by atoms with Crippen molar-refractivity contribution in [2.75, 3.05) is 6.54 Å². The molecular formula is C12H19BrN2O4S. The Morgan fingerprint density at radius 1 is 1.50 bits per heavy atom. The third kappa shape index (κ3) is 4.07. The molecule has 1 aromatic rings. The van der Waals surface area contributed by atoms with E-state index in [9.17, 15) is 13.2 Å². The molecule has 0 atom stereocenters. The smallest absolute Gasteiger partial charge is 0.287 e. The van der Waals surface area contributed by atoms with Gasteiger partial charge in [0.15, 0.2) is 10.4 Å². The number of sulfonamides is 1. The number of carbonyl (C=O) groups is 1. The van der Waals surface area contributed by atoms with Gasteiger partial charge in [0.05, 0.1) is 0 Å². The van der Waals surface area contributed by atoms with Gasteiger partial charge in [-0.3, -0.25) is 4.79 Å². The molecule has 0 aliphatic rings. The summed E-state index contributed by atoms with van der Waals surface area (Å²) in [5.74, 6) is -0.194. The molecule has 0 spiro atoms. The van der Waals surface area contributed by atoms with Crippen LogP contribution < -0.4 is 10.5 Å². The summed E-state index contributed by atoms with van der Waals surface area (Å²) < 4.78 is 27.5. The number of furan rings is 1. The molecule has 0 radical (unpaired) electrons. The second-order valence-electron chi connectivity index (χ2n) is 5.62. The van der Waals surface area contributed by atoms with Crippen LogP contribution in [0.3, 0.4) is 0 Å². The minimum atomic E-state index is -3.92. The third-order valence-electron chi connectivity index (χ3n) is 3.45. The Balaban J connectivity index is 2.85.